The molecular formula is C15H24N2O2. The van der Waals surface area contributed by atoms with Crippen LogP contribution in [0.4, 0.5) is 0 Å². The molecular weight excluding hydrogens is 240 g/mol. The van der Waals surface area contributed by atoms with E-state index in [4.69, 9.17) is 5.73 Å². The number of hydrogen-bond donors (Lipinski definition) is 1. The maximum atomic E-state index is 12.8. The molecule has 19 heavy (non-hydrogen) atoms. The molecule has 0 bridgehead atoms. The third-order valence-electron chi connectivity index (χ3n) is 5.35. The maximum Gasteiger partial charge on any atom is 0.236 e. The van der Waals surface area contributed by atoms with Crippen LogP contribution < -0.4 is 5.73 Å². The fourth-order valence-electron chi connectivity index (χ4n) is 4.24. The molecule has 3 aliphatic rings. The van der Waals surface area contributed by atoms with Crippen LogP contribution in [0.25, 0.3) is 0 Å². The van der Waals surface area contributed by atoms with Crippen LogP contribution in [-0.2, 0) is 9.59 Å². The van der Waals surface area contributed by atoms with E-state index in [9.17, 15) is 9.59 Å². The first kappa shape index (κ1) is 13.1. The highest BCUT2D eigenvalue weighted by Crippen LogP contribution is 2.46. The van der Waals surface area contributed by atoms with E-state index in [-0.39, 0.29) is 29.3 Å². The Morgan fingerprint density at radius 3 is 2.26 bits per heavy atom. The van der Waals surface area contributed by atoms with Crippen molar-refractivity contribution in [3.05, 3.63) is 0 Å². The molecule has 0 radical (unpaired) electrons. The molecule has 2 amide bonds. The quantitative estimate of drug-likeness (QED) is 0.736. The first-order valence-electron chi connectivity index (χ1n) is 7.76. The molecule has 0 aromatic rings. The van der Waals surface area contributed by atoms with Gasteiger partial charge in [0.2, 0.25) is 11.8 Å². The summed E-state index contributed by atoms with van der Waals surface area (Å²) in [7, 11) is 0. The number of rotatable bonds is 1. The van der Waals surface area contributed by atoms with Gasteiger partial charge in [0.05, 0.1) is 11.5 Å². The van der Waals surface area contributed by atoms with Gasteiger partial charge >= 0.3 is 0 Å². The standard InChI is InChI=1S/C15H24N2O2/c16-11-6-5-7-12(11)17-13(18)10-15(14(17)19)8-3-1-2-4-9-15/h11-12H,1-10,16H2. The summed E-state index contributed by atoms with van der Waals surface area (Å²) in [5, 5.41) is 0. The second kappa shape index (κ2) is 4.89. The van der Waals surface area contributed by atoms with E-state index in [1.807, 2.05) is 0 Å². The van der Waals surface area contributed by atoms with Gasteiger partial charge in [0.15, 0.2) is 0 Å². The normalized spacial score (nSPS) is 35.1. The van der Waals surface area contributed by atoms with Gasteiger partial charge in [0.25, 0.3) is 0 Å². The van der Waals surface area contributed by atoms with E-state index < -0.39 is 0 Å². The van der Waals surface area contributed by atoms with Gasteiger partial charge in [-0.3, -0.25) is 14.5 Å². The molecule has 2 N–H and O–H groups in total. The molecule has 2 atom stereocenters. The minimum Gasteiger partial charge on any atom is -0.326 e. The summed E-state index contributed by atoms with van der Waals surface area (Å²) in [4.78, 5) is 26.7. The van der Waals surface area contributed by atoms with Gasteiger partial charge in [-0.05, 0) is 32.1 Å². The smallest absolute Gasteiger partial charge is 0.236 e. The van der Waals surface area contributed by atoms with Crippen molar-refractivity contribution >= 4 is 11.8 Å². The van der Waals surface area contributed by atoms with Crippen LogP contribution in [0.2, 0.25) is 0 Å². The largest absolute Gasteiger partial charge is 0.326 e. The van der Waals surface area contributed by atoms with Gasteiger partial charge in [-0.1, -0.05) is 25.7 Å². The Labute approximate surface area is 114 Å². The first-order chi connectivity index (χ1) is 9.14. The van der Waals surface area contributed by atoms with Crippen LogP contribution in [-0.4, -0.2) is 28.8 Å². The minimum atomic E-state index is -0.365. The van der Waals surface area contributed by atoms with Gasteiger partial charge in [0, 0.05) is 12.5 Å². The molecule has 1 aliphatic heterocycles. The number of likely N-dealkylation sites (tertiary alicyclic amines) is 1. The highest BCUT2D eigenvalue weighted by atomic mass is 16.2. The Kier molecular flexibility index (Phi) is 3.37. The number of nitrogens with two attached hydrogens (primary N) is 1. The second-order valence-corrected chi connectivity index (χ2v) is 6.60. The first-order valence-corrected chi connectivity index (χ1v) is 7.76. The van der Waals surface area contributed by atoms with Crippen LogP contribution in [0.3, 0.4) is 0 Å². The Balaban J connectivity index is 1.83. The van der Waals surface area contributed by atoms with Gasteiger partial charge in [-0.25, -0.2) is 0 Å². The summed E-state index contributed by atoms with van der Waals surface area (Å²) in [5.41, 5.74) is 5.72. The van der Waals surface area contributed by atoms with Crippen LogP contribution in [0.1, 0.15) is 64.2 Å². The Hall–Kier alpha value is -0.900. The van der Waals surface area contributed by atoms with Crippen molar-refractivity contribution in [2.24, 2.45) is 11.1 Å². The molecule has 4 nitrogen and oxygen atoms in total. The average Bonchev–Trinajstić information content (AvgIpc) is 2.77. The minimum absolute atomic E-state index is 0.00571. The van der Waals surface area contributed by atoms with E-state index >= 15 is 0 Å². The fraction of sp³-hybridized carbons (Fsp3) is 0.867. The molecule has 2 saturated carbocycles. The van der Waals surface area contributed by atoms with E-state index in [1.165, 1.54) is 12.8 Å². The van der Waals surface area contributed by atoms with Gasteiger partial charge in [-0.2, -0.15) is 0 Å². The molecule has 0 aromatic carbocycles. The van der Waals surface area contributed by atoms with E-state index in [0.717, 1.165) is 44.9 Å². The topological polar surface area (TPSA) is 63.4 Å². The highest BCUT2D eigenvalue weighted by molar-refractivity contribution is 6.06. The Morgan fingerprint density at radius 1 is 1.00 bits per heavy atom. The van der Waals surface area contributed by atoms with Crippen molar-refractivity contribution < 1.29 is 9.59 Å². The van der Waals surface area contributed by atoms with Crippen LogP contribution in [0, 0.1) is 5.41 Å². The second-order valence-electron chi connectivity index (χ2n) is 6.60. The third kappa shape index (κ3) is 2.10. The van der Waals surface area contributed by atoms with Crippen molar-refractivity contribution in [2.45, 2.75) is 76.3 Å². The third-order valence-corrected chi connectivity index (χ3v) is 5.35. The zero-order chi connectivity index (χ0) is 13.5. The van der Waals surface area contributed by atoms with Gasteiger partial charge in [0.1, 0.15) is 0 Å². The molecule has 3 rings (SSSR count). The summed E-state index contributed by atoms with van der Waals surface area (Å²) in [6.45, 7) is 0. The van der Waals surface area contributed by atoms with Crippen molar-refractivity contribution in [2.75, 3.05) is 0 Å². The van der Waals surface area contributed by atoms with Gasteiger partial charge < -0.3 is 5.73 Å². The predicted molar refractivity (Wildman–Crippen MR) is 72.2 cm³/mol. The number of carbonyl (C=O) groups is 2. The van der Waals surface area contributed by atoms with Crippen molar-refractivity contribution in [1.82, 2.24) is 4.90 Å². The summed E-state index contributed by atoms with van der Waals surface area (Å²) in [6.07, 6.45) is 9.69. The van der Waals surface area contributed by atoms with Crippen molar-refractivity contribution in [3.8, 4) is 0 Å². The lowest BCUT2D eigenvalue weighted by Gasteiger charge is -2.29. The lowest BCUT2D eigenvalue weighted by atomic mass is 9.79. The Bertz CT molecular complexity index is 386. The lowest BCUT2D eigenvalue weighted by molar-refractivity contribution is -0.144. The highest BCUT2D eigenvalue weighted by Gasteiger charge is 2.54. The van der Waals surface area contributed by atoms with Crippen LogP contribution in [0.15, 0.2) is 0 Å². The van der Waals surface area contributed by atoms with E-state index in [1.54, 1.807) is 4.90 Å². The number of nitrogens with zero attached hydrogens (tertiary/aromatic N) is 1. The van der Waals surface area contributed by atoms with Crippen molar-refractivity contribution in [3.63, 3.8) is 0 Å². The zero-order valence-corrected chi connectivity index (χ0v) is 11.6. The molecule has 1 saturated heterocycles. The number of imide groups is 1. The number of hydrogen-bond acceptors (Lipinski definition) is 3. The predicted octanol–water partition coefficient (Wildman–Crippen LogP) is 1.97. The maximum absolute atomic E-state index is 12.8. The summed E-state index contributed by atoms with van der Waals surface area (Å²) >= 11 is 0. The number of carbonyl (C=O) groups excluding carboxylic acids is 2. The molecule has 1 heterocycles. The van der Waals surface area contributed by atoms with Gasteiger partial charge in [-0.15, -0.1) is 0 Å². The molecule has 3 fully saturated rings. The molecule has 106 valence electrons. The SMILES string of the molecule is NC1CCCC1N1C(=O)CC2(CCCCCC2)C1=O. The zero-order valence-electron chi connectivity index (χ0n) is 11.6. The summed E-state index contributed by atoms with van der Waals surface area (Å²) < 4.78 is 0. The van der Waals surface area contributed by atoms with Crippen molar-refractivity contribution in [1.29, 1.82) is 0 Å². The van der Waals surface area contributed by atoms with E-state index in [2.05, 4.69) is 0 Å². The monoisotopic (exact) mass is 264 g/mol. The summed E-state index contributed by atoms with van der Waals surface area (Å²) in [6, 6.07) is -0.0311. The molecule has 2 aliphatic carbocycles. The lowest BCUT2D eigenvalue weighted by Crippen LogP contribution is -2.48. The van der Waals surface area contributed by atoms with E-state index in [0.29, 0.717) is 6.42 Å². The molecule has 0 aromatic heterocycles. The molecule has 1 spiro atoms. The summed E-state index contributed by atoms with van der Waals surface area (Å²) in [5.74, 6) is 0.135. The molecule has 4 heteroatoms. The van der Waals surface area contributed by atoms with Crippen LogP contribution >= 0.6 is 0 Å². The van der Waals surface area contributed by atoms with Crippen LogP contribution in [0.5, 0.6) is 0 Å². The average molecular weight is 264 g/mol. The molecule has 2 unspecified atom stereocenters. The fourth-order valence-corrected chi connectivity index (χ4v) is 4.24. The number of amides is 2. The Morgan fingerprint density at radius 2 is 1.68 bits per heavy atom.